The maximum atomic E-state index is 6.25. The van der Waals surface area contributed by atoms with Gasteiger partial charge in [0.2, 0.25) is 0 Å². The lowest BCUT2D eigenvalue weighted by Gasteiger charge is -2.16. The molecule has 0 aliphatic carbocycles. The molecule has 0 unspecified atom stereocenters. The summed E-state index contributed by atoms with van der Waals surface area (Å²) in [6.45, 7) is 5.30. The van der Waals surface area contributed by atoms with Crippen LogP contribution in [0.5, 0.6) is 5.75 Å². The second-order valence-corrected chi connectivity index (χ2v) is 8.59. The quantitative estimate of drug-likeness (QED) is 0.368. The van der Waals surface area contributed by atoms with Gasteiger partial charge in [0.05, 0.1) is 4.47 Å². The third kappa shape index (κ3) is 5.28. The van der Waals surface area contributed by atoms with E-state index in [1.54, 1.807) is 0 Å². The summed E-state index contributed by atoms with van der Waals surface area (Å²) in [5.41, 5.74) is 5.66. The van der Waals surface area contributed by atoms with Gasteiger partial charge in [-0.3, -0.25) is 0 Å². The molecule has 3 aromatic rings. The molecule has 0 aliphatic rings. The Labute approximate surface area is 182 Å². The second kappa shape index (κ2) is 9.13. The van der Waals surface area contributed by atoms with E-state index in [2.05, 4.69) is 75.3 Å². The normalized spacial score (nSPS) is 10.7. The zero-order valence-corrected chi connectivity index (χ0v) is 19.1. The zero-order chi connectivity index (χ0) is 19.4. The molecule has 0 fully saturated rings. The number of anilines is 1. The Balaban J connectivity index is 1.79. The molecule has 5 heteroatoms. The Hall–Kier alpha value is -1.49. The first-order chi connectivity index (χ1) is 12.9. The van der Waals surface area contributed by atoms with Gasteiger partial charge in [-0.25, -0.2) is 0 Å². The van der Waals surface area contributed by atoms with Crippen molar-refractivity contribution in [3.05, 3.63) is 90.8 Å². The molecule has 0 radical (unpaired) electrons. The molecular formula is C22H20Br2ClNO. The first kappa shape index (κ1) is 20.2. The zero-order valence-electron chi connectivity index (χ0n) is 15.2. The summed E-state index contributed by atoms with van der Waals surface area (Å²) in [4.78, 5) is 0. The molecule has 0 spiro atoms. The van der Waals surface area contributed by atoms with E-state index in [4.69, 9.17) is 16.3 Å². The van der Waals surface area contributed by atoms with Gasteiger partial charge in [-0.15, -0.1) is 0 Å². The number of rotatable bonds is 6. The Morgan fingerprint density at radius 1 is 0.926 bits per heavy atom. The number of nitrogens with one attached hydrogen (secondary N) is 1. The van der Waals surface area contributed by atoms with E-state index in [1.165, 1.54) is 11.1 Å². The molecule has 0 amide bonds. The SMILES string of the molecule is Cc1ccc(NCc2cc(Br)cc(Br)c2OCc2ccccc2Cl)cc1C. The van der Waals surface area contributed by atoms with Crippen molar-refractivity contribution in [1.82, 2.24) is 0 Å². The van der Waals surface area contributed by atoms with E-state index in [0.29, 0.717) is 18.2 Å². The van der Waals surface area contributed by atoms with Crippen molar-refractivity contribution in [2.45, 2.75) is 27.0 Å². The highest BCUT2D eigenvalue weighted by molar-refractivity contribution is 9.11. The first-order valence-electron chi connectivity index (χ1n) is 8.59. The fourth-order valence-electron chi connectivity index (χ4n) is 2.72. The topological polar surface area (TPSA) is 21.3 Å². The Bertz CT molecular complexity index is 959. The Morgan fingerprint density at radius 2 is 1.70 bits per heavy atom. The third-order valence-electron chi connectivity index (χ3n) is 4.41. The van der Waals surface area contributed by atoms with Crippen molar-refractivity contribution in [2.75, 3.05) is 5.32 Å². The number of hydrogen-bond acceptors (Lipinski definition) is 2. The molecule has 140 valence electrons. The summed E-state index contributed by atoms with van der Waals surface area (Å²) in [6, 6.07) is 18.2. The van der Waals surface area contributed by atoms with Crippen LogP contribution in [0.1, 0.15) is 22.3 Å². The van der Waals surface area contributed by atoms with Crippen LogP contribution in [0, 0.1) is 13.8 Å². The van der Waals surface area contributed by atoms with Gasteiger partial charge in [-0.1, -0.05) is 51.8 Å². The monoisotopic (exact) mass is 507 g/mol. The fraction of sp³-hybridized carbons (Fsp3) is 0.182. The van der Waals surface area contributed by atoms with E-state index in [-0.39, 0.29) is 0 Å². The minimum atomic E-state index is 0.413. The van der Waals surface area contributed by atoms with E-state index in [9.17, 15) is 0 Å². The standard InChI is InChI=1S/C22H20Br2ClNO/c1-14-7-8-19(9-15(14)2)26-12-17-10-18(23)11-20(24)22(17)27-13-16-5-3-4-6-21(16)25/h3-11,26H,12-13H2,1-2H3. The number of benzene rings is 3. The van der Waals surface area contributed by atoms with E-state index >= 15 is 0 Å². The van der Waals surface area contributed by atoms with Crippen LogP contribution in [0.25, 0.3) is 0 Å². The molecule has 27 heavy (non-hydrogen) atoms. The van der Waals surface area contributed by atoms with Crippen molar-refractivity contribution in [2.24, 2.45) is 0 Å². The molecule has 0 aliphatic heterocycles. The Morgan fingerprint density at radius 3 is 2.44 bits per heavy atom. The summed E-state index contributed by atoms with van der Waals surface area (Å²) >= 11 is 13.4. The summed E-state index contributed by atoms with van der Waals surface area (Å²) in [5.74, 6) is 0.814. The van der Waals surface area contributed by atoms with Gasteiger partial charge in [0, 0.05) is 32.9 Å². The molecule has 0 aromatic heterocycles. The van der Waals surface area contributed by atoms with Crippen LogP contribution in [-0.4, -0.2) is 0 Å². The molecule has 1 N–H and O–H groups in total. The average Bonchev–Trinajstić information content (AvgIpc) is 2.63. The third-order valence-corrected chi connectivity index (χ3v) is 5.82. The average molecular weight is 510 g/mol. The van der Waals surface area contributed by atoms with Crippen molar-refractivity contribution in [1.29, 1.82) is 0 Å². The highest BCUT2D eigenvalue weighted by Crippen LogP contribution is 2.34. The summed E-state index contributed by atoms with van der Waals surface area (Å²) in [6.07, 6.45) is 0. The van der Waals surface area contributed by atoms with E-state index in [1.807, 2.05) is 30.3 Å². The predicted octanol–water partition coefficient (Wildman–Crippen LogP) is 7.67. The van der Waals surface area contributed by atoms with Crippen molar-refractivity contribution >= 4 is 49.1 Å². The predicted molar refractivity (Wildman–Crippen MR) is 121 cm³/mol. The summed E-state index contributed by atoms with van der Waals surface area (Å²) in [7, 11) is 0. The number of ether oxygens (including phenoxy) is 1. The van der Waals surface area contributed by atoms with Crippen LogP contribution in [0.2, 0.25) is 5.02 Å². The van der Waals surface area contributed by atoms with Crippen LogP contribution in [0.4, 0.5) is 5.69 Å². The van der Waals surface area contributed by atoms with Gasteiger partial charge >= 0.3 is 0 Å². The second-order valence-electron chi connectivity index (χ2n) is 6.41. The lowest BCUT2D eigenvalue weighted by molar-refractivity contribution is 0.301. The molecule has 0 heterocycles. The molecule has 0 atom stereocenters. The fourth-order valence-corrected chi connectivity index (χ4v) is 4.34. The highest BCUT2D eigenvalue weighted by atomic mass is 79.9. The summed E-state index contributed by atoms with van der Waals surface area (Å²) in [5, 5.41) is 4.19. The molecule has 2 nitrogen and oxygen atoms in total. The molecule has 0 saturated carbocycles. The van der Waals surface area contributed by atoms with Crippen LogP contribution in [0.3, 0.4) is 0 Å². The highest BCUT2D eigenvalue weighted by Gasteiger charge is 2.12. The van der Waals surface area contributed by atoms with Crippen molar-refractivity contribution in [3.8, 4) is 5.75 Å². The lowest BCUT2D eigenvalue weighted by atomic mass is 10.1. The first-order valence-corrected chi connectivity index (χ1v) is 10.6. The number of aryl methyl sites for hydroxylation is 2. The largest absolute Gasteiger partial charge is 0.487 e. The van der Waals surface area contributed by atoms with E-state index < -0.39 is 0 Å². The van der Waals surface area contributed by atoms with Gasteiger partial charge in [0.25, 0.3) is 0 Å². The number of halogens is 3. The maximum absolute atomic E-state index is 6.25. The molecular weight excluding hydrogens is 490 g/mol. The van der Waals surface area contributed by atoms with Gasteiger partial charge in [0.15, 0.2) is 0 Å². The van der Waals surface area contributed by atoms with Crippen LogP contribution < -0.4 is 10.1 Å². The van der Waals surface area contributed by atoms with Gasteiger partial charge < -0.3 is 10.1 Å². The van der Waals surface area contributed by atoms with Gasteiger partial charge in [-0.05, 0) is 71.2 Å². The van der Waals surface area contributed by atoms with Crippen LogP contribution in [0.15, 0.2) is 63.5 Å². The minimum absolute atomic E-state index is 0.413. The summed E-state index contributed by atoms with van der Waals surface area (Å²) < 4.78 is 8.03. The van der Waals surface area contributed by atoms with Gasteiger partial charge in [-0.2, -0.15) is 0 Å². The van der Waals surface area contributed by atoms with Crippen molar-refractivity contribution in [3.63, 3.8) is 0 Å². The number of hydrogen-bond donors (Lipinski definition) is 1. The molecule has 0 saturated heterocycles. The maximum Gasteiger partial charge on any atom is 0.139 e. The van der Waals surface area contributed by atoms with E-state index in [0.717, 1.165) is 31.5 Å². The van der Waals surface area contributed by atoms with Crippen molar-refractivity contribution < 1.29 is 4.74 Å². The molecule has 3 aromatic carbocycles. The Kier molecular flexibility index (Phi) is 6.85. The van der Waals surface area contributed by atoms with Crippen LogP contribution in [-0.2, 0) is 13.2 Å². The molecule has 3 rings (SSSR count). The van der Waals surface area contributed by atoms with Gasteiger partial charge in [0.1, 0.15) is 12.4 Å². The van der Waals surface area contributed by atoms with Crippen LogP contribution >= 0.6 is 43.5 Å². The smallest absolute Gasteiger partial charge is 0.139 e. The molecule has 0 bridgehead atoms. The lowest BCUT2D eigenvalue weighted by Crippen LogP contribution is -2.05. The minimum Gasteiger partial charge on any atom is -0.487 e.